The molecule has 0 fully saturated rings. The summed E-state index contributed by atoms with van der Waals surface area (Å²) < 4.78 is 4.81. The third-order valence-corrected chi connectivity index (χ3v) is 2.76. The largest absolute Gasteiger partial charge is 0.383 e. The first kappa shape index (κ1) is 19.4. The number of benzene rings is 1. The van der Waals surface area contributed by atoms with Crippen molar-refractivity contribution in [3.05, 3.63) is 29.8 Å². The van der Waals surface area contributed by atoms with Crippen molar-refractivity contribution in [1.29, 1.82) is 0 Å². The SMILES string of the molecule is COCC(N)C(=O)N(C)CC(=O)Nc1ccc(C)cc1.Cl. The number of amides is 2. The number of methoxy groups -OCH3 is 1. The maximum absolute atomic E-state index is 11.8. The molecule has 7 heteroatoms. The van der Waals surface area contributed by atoms with Crippen LogP contribution < -0.4 is 11.1 Å². The lowest BCUT2D eigenvalue weighted by molar-refractivity contribution is -0.135. The Hall–Kier alpha value is -1.63. The number of likely N-dealkylation sites (N-methyl/N-ethyl adjacent to an activating group) is 1. The molecule has 0 aliphatic heterocycles. The molecule has 2 amide bonds. The Labute approximate surface area is 131 Å². The number of rotatable bonds is 6. The van der Waals surface area contributed by atoms with Gasteiger partial charge in [-0.05, 0) is 19.1 Å². The first-order valence-electron chi connectivity index (χ1n) is 6.30. The number of nitrogens with one attached hydrogen (secondary N) is 1. The zero-order valence-corrected chi connectivity index (χ0v) is 13.3. The van der Waals surface area contributed by atoms with Gasteiger partial charge in [0.1, 0.15) is 6.04 Å². The summed E-state index contributed by atoms with van der Waals surface area (Å²) in [5.74, 6) is -0.597. The normalized spacial score (nSPS) is 11.2. The summed E-state index contributed by atoms with van der Waals surface area (Å²) in [5, 5.41) is 2.72. The number of halogens is 1. The van der Waals surface area contributed by atoms with Crippen LogP contribution in [0, 0.1) is 6.92 Å². The van der Waals surface area contributed by atoms with Gasteiger partial charge in [-0.15, -0.1) is 12.4 Å². The Morgan fingerprint density at radius 2 is 1.90 bits per heavy atom. The molecule has 0 aliphatic carbocycles. The van der Waals surface area contributed by atoms with Crippen LogP contribution in [-0.2, 0) is 14.3 Å². The topological polar surface area (TPSA) is 84.7 Å². The van der Waals surface area contributed by atoms with Crippen LogP contribution in [0.2, 0.25) is 0 Å². The smallest absolute Gasteiger partial charge is 0.243 e. The van der Waals surface area contributed by atoms with Crippen molar-refractivity contribution in [1.82, 2.24) is 4.90 Å². The van der Waals surface area contributed by atoms with Crippen LogP contribution in [0.4, 0.5) is 5.69 Å². The molecule has 0 bridgehead atoms. The quantitative estimate of drug-likeness (QED) is 0.812. The summed E-state index contributed by atoms with van der Waals surface area (Å²) in [7, 11) is 3.00. The number of nitrogens with two attached hydrogens (primary N) is 1. The lowest BCUT2D eigenvalue weighted by Gasteiger charge is -2.20. The number of carbonyl (C=O) groups is 2. The number of aryl methyl sites for hydroxylation is 1. The van der Waals surface area contributed by atoms with Gasteiger partial charge in [0.2, 0.25) is 11.8 Å². The molecule has 1 atom stereocenters. The van der Waals surface area contributed by atoms with E-state index in [1.807, 2.05) is 31.2 Å². The van der Waals surface area contributed by atoms with E-state index in [-0.39, 0.29) is 37.4 Å². The summed E-state index contributed by atoms with van der Waals surface area (Å²) in [4.78, 5) is 24.9. The molecule has 1 aromatic carbocycles. The van der Waals surface area contributed by atoms with E-state index < -0.39 is 6.04 Å². The highest BCUT2D eigenvalue weighted by Crippen LogP contribution is 2.08. The molecule has 0 saturated heterocycles. The third-order valence-electron chi connectivity index (χ3n) is 2.76. The van der Waals surface area contributed by atoms with Gasteiger partial charge in [0.05, 0.1) is 13.2 Å². The van der Waals surface area contributed by atoms with E-state index in [1.54, 1.807) is 0 Å². The Morgan fingerprint density at radius 1 is 1.33 bits per heavy atom. The van der Waals surface area contributed by atoms with Gasteiger partial charge >= 0.3 is 0 Å². The molecule has 0 aromatic heterocycles. The van der Waals surface area contributed by atoms with E-state index in [9.17, 15) is 9.59 Å². The fraction of sp³-hybridized carbons (Fsp3) is 0.429. The second-order valence-corrected chi connectivity index (χ2v) is 4.67. The van der Waals surface area contributed by atoms with Gasteiger partial charge in [0, 0.05) is 19.8 Å². The van der Waals surface area contributed by atoms with Crippen molar-refractivity contribution in [3.63, 3.8) is 0 Å². The Kier molecular flexibility index (Phi) is 8.61. The van der Waals surface area contributed by atoms with Crippen LogP contribution in [-0.4, -0.2) is 50.1 Å². The molecule has 0 saturated carbocycles. The number of hydrogen-bond acceptors (Lipinski definition) is 4. The van der Waals surface area contributed by atoms with Gasteiger partial charge in [-0.2, -0.15) is 0 Å². The highest BCUT2D eigenvalue weighted by molar-refractivity contribution is 5.95. The number of hydrogen-bond donors (Lipinski definition) is 2. The zero-order chi connectivity index (χ0) is 15.1. The molecule has 1 rings (SSSR count). The van der Waals surface area contributed by atoms with Crippen molar-refractivity contribution in [2.75, 3.05) is 32.6 Å². The van der Waals surface area contributed by atoms with Crippen molar-refractivity contribution >= 4 is 29.9 Å². The Morgan fingerprint density at radius 3 is 2.43 bits per heavy atom. The molecule has 0 heterocycles. The lowest BCUT2D eigenvalue weighted by Crippen LogP contribution is -2.46. The molecule has 6 nitrogen and oxygen atoms in total. The average Bonchev–Trinajstić information content (AvgIpc) is 2.40. The number of ether oxygens (including phenoxy) is 1. The molecular formula is C14H22ClN3O3. The predicted molar refractivity (Wildman–Crippen MR) is 84.5 cm³/mol. The van der Waals surface area contributed by atoms with Gasteiger partial charge in [-0.3, -0.25) is 9.59 Å². The molecule has 0 aliphatic rings. The fourth-order valence-electron chi connectivity index (χ4n) is 1.66. The molecule has 1 aromatic rings. The van der Waals surface area contributed by atoms with Gasteiger partial charge in [0.15, 0.2) is 0 Å². The summed E-state index contributed by atoms with van der Waals surface area (Å²) >= 11 is 0. The minimum atomic E-state index is -0.753. The minimum Gasteiger partial charge on any atom is -0.383 e. The standard InChI is InChI=1S/C14H21N3O3.ClH/c1-10-4-6-11(7-5-10)16-13(18)8-17(2)14(19)12(15)9-20-3;/h4-7,12H,8-9,15H2,1-3H3,(H,16,18);1H. The number of anilines is 1. The summed E-state index contributed by atoms with van der Waals surface area (Å²) in [6.45, 7) is 2.04. The van der Waals surface area contributed by atoms with Crippen molar-refractivity contribution in [2.45, 2.75) is 13.0 Å². The van der Waals surface area contributed by atoms with Gasteiger partial charge in [0.25, 0.3) is 0 Å². The molecule has 3 N–H and O–H groups in total. The predicted octanol–water partition coefficient (Wildman–Crippen LogP) is 0.787. The van der Waals surface area contributed by atoms with Crippen LogP contribution >= 0.6 is 12.4 Å². The summed E-state index contributed by atoms with van der Waals surface area (Å²) in [5.41, 5.74) is 7.43. The van der Waals surface area contributed by atoms with E-state index in [0.717, 1.165) is 5.56 Å². The fourth-order valence-corrected chi connectivity index (χ4v) is 1.66. The number of carbonyl (C=O) groups excluding carboxylic acids is 2. The highest BCUT2D eigenvalue weighted by atomic mass is 35.5. The first-order chi connectivity index (χ1) is 9.43. The molecule has 0 radical (unpaired) electrons. The Bertz CT molecular complexity index is 465. The summed E-state index contributed by atoms with van der Waals surface area (Å²) in [6.07, 6.45) is 0. The maximum atomic E-state index is 11.8. The second-order valence-electron chi connectivity index (χ2n) is 4.67. The third kappa shape index (κ3) is 6.57. The minimum absolute atomic E-state index is 0. The van der Waals surface area contributed by atoms with Crippen molar-refractivity contribution in [3.8, 4) is 0 Å². The first-order valence-corrected chi connectivity index (χ1v) is 6.30. The monoisotopic (exact) mass is 315 g/mol. The molecule has 118 valence electrons. The van der Waals surface area contributed by atoms with E-state index in [4.69, 9.17) is 10.5 Å². The van der Waals surface area contributed by atoms with Crippen molar-refractivity contribution in [2.24, 2.45) is 5.73 Å². The molecule has 1 unspecified atom stereocenters. The Balaban J connectivity index is 0.00000400. The van der Waals surface area contributed by atoms with Crippen molar-refractivity contribution < 1.29 is 14.3 Å². The number of nitrogens with zero attached hydrogens (tertiary/aromatic N) is 1. The van der Waals surface area contributed by atoms with Gasteiger partial charge in [-0.1, -0.05) is 17.7 Å². The van der Waals surface area contributed by atoms with E-state index in [1.165, 1.54) is 19.1 Å². The van der Waals surface area contributed by atoms with Crippen LogP contribution in [0.3, 0.4) is 0 Å². The second kappa shape index (κ2) is 9.33. The van der Waals surface area contributed by atoms with Crippen LogP contribution in [0.15, 0.2) is 24.3 Å². The van der Waals surface area contributed by atoms with Gasteiger partial charge in [-0.25, -0.2) is 0 Å². The summed E-state index contributed by atoms with van der Waals surface area (Å²) in [6, 6.07) is 6.67. The van der Waals surface area contributed by atoms with Gasteiger partial charge < -0.3 is 20.7 Å². The van der Waals surface area contributed by atoms with Crippen LogP contribution in [0.1, 0.15) is 5.56 Å². The van der Waals surface area contributed by atoms with E-state index >= 15 is 0 Å². The highest BCUT2D eigenvalue weighted by Gasteiger charge is 2.19. The average molecular weight is 316 g/mol. The molecule has 0 spiro atoms. The van der Waals surface area contributed by atoms with Crippen LogP contribution in [0.5, 0.6) is 0 Å². The maximum Gasteiger partial charge on any atom is 0.243 e. The zero-order valence-electron chi connectivity index (χ0n) is 12.5. The van der Waals surface area contributed by atoms with E-state index in [0.29, 0.717) is 5.69 Å². The molecular weight excluding hydrogens is 294 g/mol. The van der Waals surface area contributed by atoms with E-state index in [2.05, 4.69) is 5.32 Å². The molecule has 21 heavy (non-hydrogen) atoms. The lowest BCUT2D eigenvalue weighted by atomic mass is 10.2. The van der Waals surface area contributed by atoms with Crippen LogP contribution in [0.25, 0.3) is 0 Å².